The van der Waals surface area contributed by atoms with Crippen molar-refractivity contribution in [1.82, 2.24) is 19.9 Å². The Kier molecular flexibility index (Phi) is 6.18. The molecule has 0 N–H and O–H groups in total. The summed E-state index contributed by atoms with van der Waals surface area (Å²) >= 11 is 3.44. The monoisotopic (exact) mass is 482 g/mol. The fourth-order valence-corrected chi connectivity index (χ4v) is 4.12. The van der Waals surface area contributed by atoms with E-state index in [2.05, 4.69) is 26.1 Å². The van der Waals surface area contributed by atoms with Gasteiger partial charge in [0.1, 0.15) is 0 Å². The number of benzene rings is 2. The summed E-state index contributed by atoms with van der Waals surface area (Å²) in [6.45, 7) is 5.39. The highest BCUT2D eigenvalue weighted by Gasteiger charge is 2.31. The quantitative estimate of drug-likeness (QED) is 0.565. The molecule has 1 saturated heterocycles. The molecule has 1 aromatic heterocycles. The first-order chi connectivity index (χ1) is 14.9. The minimum atomic E-state index is -0.0920. The molecule has 7 nitrogen and oxygen atoms in total. The van der Waals surface area contributed by atoms with Gasteiger partial charge in [0, 0.05) is 35.7 Å². The summed E-state index contributed by atoms with van der Waals surface area (Å²) < 4.78 is 6.09. The van der Waals surface area contributed by atoms with Crippen molar-refractivity contribution in [2.45, 2.75) is 26.3 Å². The van der Waals surface area contributed by atoms with Crippen LogP contribution in [-0.2, 0) is 11.2 Å². The predicted octanol–water partition coefficient (Wildman–Crippen LogP) is 3.72. The lowest BCUT2D eigenvalue weighted by atomic mass is 10.1. The summed E-state index contributed by atoms with van der Waals surface area (Å²) in [4.78, 5) is 33.6. The largest absolute Gasteiger partial charge is 0.338 e. The highest BCUT2D eigenvalue weighted by molar-refractivity contribution is 9.10. The molecule has 31 heavy (non-hydrogen) atoms. The van der Waals surface area contributed by atoms with Gasteiger partial charge in [-0.1, -0.05) is 35.0 Å². The molecular formula is C23H23BrN4O3. The second-order valence-electron chi connectivity index (χ2n) is 7.73. The summed E-state index contributed by atoms with van der Waals surface area (Å²) in [5.74, 6) is 0.657. The van der Waals surface area contributed by atoms with E-state index in [1.807, 2.05) is 61.2 Å². The van der Waals surface area contributed by atoms with Gasteiger partial charge in [0.25, 0.3) is 11.8 Å². The Morgan fingerprint density at radius 3 is 2.58 bits per heavy atom. The number of aryl methyl sites for hydroxylation is 1. The number of piperazine rings is 1. The first-order valence-corrected chi connectivity index (χ1v) is 10.9. The topological polar surface area (TPSA) is 79.5 Å². The molecule has 3 aromatic rings. The molecule has 1 atom stereocenters. The van der Waals surface area contributed by atoms with Gasteiger partial charge in [-0.3, -0.25) is 9.59 Å². The van der Waals surface area contributed by atoms with Gasteiger partial charge in [-0.05, 0) is 54.0 Å². The zero-order chi connectivity index (χ0) is 22.0. The minimum Gasteiger partial charge on any atom is -0.338 e. The third kappa shape index (κ3) is 4.69. The van der Waals surface area contributed by atoms with Crippen molar-refractivity contribution < 1.29 is 14.1 Å². The van der Waals surface area contributed by atoms with Crippen LogP contribution in [0.1, 0.15) is 28.7 Å². The number of aromatic nitrogens is 2. The number of rotatable bonds is 4. The molecule has 2 heterocycles. The van der Waals surface area contributed by atoms with E-state index in [0.29, 0.717) is 36.9 Å². The molecule has 2 aromatic carbocycles. The summed E-state index contributed by atoms with van der Waals surface area (Å²) in [6.07, 6.45) is 0.0697. The molecule has 1 fully saturated rings. The van der Waals surface area contributed by atoms with Crippen molar-refractivity contribution in [3.63, 3.8) is 0 Å². The second kappa shape index (κ2) is 9.01. The van der Waals surface area contributed by atoms with Crippen molar-refractivity contribution in [2.24, 2.45) is 0 Å². The van der Waals surface area contributed by atoms with Gasteiger partial charge in [-0.2, -0.15) is 4.98 Å². The summed E-state index contributed by atoms with van der Waals surface area (Å²) in [5.41, 5.74) is 2.60. The van der Waals surface area contributed by atoms with E-state index in [-0.39, 0.29) is 24.3 Å². The maximum absolute atomic E-state index is 12.9. The third-order valence-corrected chi connectivity index (χ3v) is 6.11. The zero-order valence-electron chi connectivity index (χ0n) is 17.4. The van der Waals surface area contributed by atoms with E-state index in [0.717, 1.165) is 15.6 Å². The number of carbonyl (C=O) groups is 2. The minimum absolute atomic E-state index is 0.0343. The van der Waals surface area contributed by atoms with Crippen LogP contribution in [0.4, 0.5) is 0 Å². The zero-order valence-corrected chi connectivity index (χ0v) is 19.0. The average Bonchev–Trinajstić information content (AvgIpc) is 3.22. The molecule has 0 spiro atoms. The maximum Gasteiger partial charge on any atom is 0.257 e. The number of hydrogen-bond donors (Lipinski definition) is 0. The normalized spacial score (nSPS) is 16.4. The molecular weight excluding hydrogens is 460 g/mol. The van der Waals surface area contributed by atoms with Crippen LogP contribution in [0.15, 0.2) is 57.5 Å². The van der Waals surface area contributed by atoms with Gasteiger partial charge in [0.05, 0.1) is 12.0 Å². The molecule has 0 aliphatic carbocycles. The summed E-state index contributed by atoms with van der Waals surface area (Å²) in [7, 11) is 0. The SMILES string of the molecule is Cc1ccc(-c2nc(CC(=O)N3CCN(C(=O)c4ccccc4Br)C(C)C3)no2)cc1. The number of nitrogens with zero attached hydrogens (tertiary/aromatic N) is 4. The Labute approximate surface area is 189 Å². The second-order valence-corrected chi connectivity index (χ2v) is 8.58. The van der Waals surface area contributed by atoms with Gasteiger partial charge in [-0.15, -0.1) is 0 Å². The Balaban J connectivity index is 1.37. The molecule has 0 bridgehead atoms. The van der Waals surface area contributed by atoms with E-state index in [4.69, 9.17) is 4.52 Å². The average molecular weight is 483 g/mol. The van der Waals surface area contributed by atoms with Crippen LogP contribution in [0.2, 0.25) is 0 Å². The molecule has 4 rings (SSSR count). The van der Waals surface area contributed by atoms with Crippen molar-refractivity contribution in [3.05, 3.63) is 70.0 Å². The van der Waals surface area contributed by atoms with Crippen LogP contribution < -0.4 is 0 Å². The van der Waals surface area contributed by atoms with Crippen molar-refractivity contribution in [2.75, 3.05) is 19.6 Å². The van der Waals surface area contributed by atoms with Gasteiger partial charge in [0.2, 0.25) is 5.91 Å². The third-order valence-electron chi connectivity index (χ3n) is 5.42. The Morgan fingerprint density at radius 1 is 1.13 bits per heavy atom. The van der Waals surface area contributed by atoms with E-state index in [1.54, 1.807) is 11.0 Å². The number of carbonyl (C=O) groups excluding carboxylic acids is 2. The van der Waals surface area contributed by atoms with Gasteiger partial charge >= 0.3 is 0 Å². The summed E-state index contributed by atoms with van der Waals surface area (Å²) in [6, 6.07) is 15.1. The van der Waals surface area contributed by atoms with Crippen LogP contribution in [0.3, 0.4) is 0 Å². The first kappa shape index (κ1) is 21.2. The lowest BCUT2D eigenvalue weighted by Crippen LogP contribution is -2.55. The van der Waals surface area contributed by atoms with Gasteiger partial charge < -0.3 is 14.3 Å². The van der Waals surface area contributed by atoms with Crippen molar-refractivity contribution in [1.29, 1.82) is 0 Å². The molecule has 1 unspecified atom stereocenters. The Hall–Kier alpha value is -3.00. The van der Waals surface area contributed by atoms with Crippen molar-refractivity contribution in [3.8, 4) is 11.5 Å². The molecule has 0 radical (unpaired) electrons. The molecule has 1 aliphatic heterocycles. The fourth-order valence-electron chi connectivity index (χ4n) is 3.66. The first-order valence-electron chi connectivity index (χ1n) is 10.2. The number of amides is 2. The standard InChI is InChI=1S/C23H23BrN4O3/c1-15-7-9-17(10-8-15)22-25-20(26-31-22)13-21(29)27-11-12-28(16(2)14-27)23(30)18-5-3-4-6-19(18)24/h3-10,16H,11-14H2,1-2H3. The van der Waals surface area contributed by atoms with Crippen LogP contribution in [0.5, 0.6) is 0 Å². The molecule has 0 saturated carbocycles. The van der Waals surface area contributed by atoms with E-state index in [9.17, 15) is 9.59 Å². The predicted molar refractivity (Wildman–Crippen MR) is 119 cm³/mol. The van der Waals surface area contributed by atoms with E-state index < -0.39 is 0 Å². The highest BCUT2D eigenvalue weighted by atomic mass is 79.9. The smallest absolute Gasteiger partial charge is 0.257 e. The Morgan fingerprint density at radius 2 is 1.87 bits per heavy atom. The molecule has 160 valence electrons. The van der Waals surface area contributed by atoms with E-state index >= 15 is 0 Å². The van der Waals surface area contributed by atoms with E-state index in [1.165, 1.54) is 0 Å². The van der Waals surface area contributed by atoms with Crippen LogP contribution in [0.25, 0.3) is 11.5 Å². The fraction of sp³-hybridized carbons (Fsp3) is 0.304. The highest BCUT2D eigenvalue weighted by Crippen LogP contribution is 2.22. The Bertz CT molecular complexity index is 1100. The molecule has 2 amide bonds. The van der Waals surface area contributed by atoms with Crippen LogP contribution >= 0.6 is 15.9 Å². The summed E-state index contributed by atoms with van der Waals surface area (Å²) in [5, 5.41) is 3.96. The lowest BCUT2D eigenvalue weighted by molar-refractivity contribution is -0.133. The number of halogens is 1. The van der Waals surface area contributed by atoms with Gasteiger partial charge in [0.15, 0.2) is 5.82 Å². The maximum atomic E-state index is 12.9. The molecule has 1 aliphatic rings. The molecule has 8 heteroatoms. The lowest BCUT2D eigenvalue weighted by Gasteiger charge is -2.40. The van der Waals surface area contributed by atoms with Crippen LogP contribution in [-0.4, -0.2) is 57.4 Å². The van der Waals surface area contributed by atoms with Gasteiger partial charge in [-0.25, -0.2) is 0 Å². The van der Waals surface area contributed by atoms with Crippen molar-refractivity contribution >= 4 is 27.7 Å². The van der Waals surface area contributed by atoms with Crippen LogP contribution in [0, 0.1) is 6.92 Å². The number of hydrogen-bond acceptors (Lipinski definition) is 5.